The Kier molecular flexibility index (Phi) is 2.38. The highest BCUT2D eigenvalue weighted by Gasteiger charge is 2.54. The van der Waals surface area contributed by atoms with Crippen molar-refractivity contribution in [2.45, 2.75) is 63.5 Å². The van der Waals surface area contributed by atoms with Gasteiger partial charge in [0.2, 0.25) is 0 Å². The van der Waals surface area contributed by atoms with Gasteiger partial charge in [0.05, 0.1) is 12.1 Å². The number of aliphatic hydroxyl groups is 1. The molecule has 0 heterocycles. The van der Waals surface area contributed by atoms with Crippen molar-refractivity contribution < 1.29 is 10.4 Å². The molecule has 16 heavy (non-hydrogen) atoms. The molecule has 2 heteroatoms. The second kappa shape index (κ2) is 3.46. The van der Waals surface area contributed by atoms with Crippen molar-refractivity contribution in [1.82, 2.24) is 0 Å². The minimum atomic E-state index is 0.0195. The molecule has 0 amide bonds. The standard InChI is InChI=1S/C14H25NO/c1-13(2,9-16)15-14-6-10-3-11(7-14)5-12(4-10)8-14/h10-12,15-16H,3-9H2,1-2H3/p+1. The molecular formula is C14H26NO+. The maximum Gasteiger partial charge on any atom is 0.114 e. The Balaban J connectivity index is 1.78. The lowest BCUT2D eigenvalue weighted by atomic mass is 9.52. The maximum atomic E-state index is 9.46. The molecule has 3 N–H and O–H groups in total. The van der Waals surface area contributed by atoms with Crippen molar-refractivity contribution in [3.05, 3.63) is 0 Å². The van der Waals surface area contributed by atoms with Crippen LogP contribution in [-0.4, -0.2) is 22.8 Å². The molecule has 4 saturated carbocycles. The van der Waals surface area contributed by atoms with Crippen molar-refractivity contribution in [3.63, 3.8) is 0 Å². The van der Waals surface area contributed by atoms with Gasteiger partial charge in [0.1, 0.15) is 5.54 Å². The van der Waals surface area contributed by atoms with Crippen LogP contribution in [0, 0.1) is 17.8 Å². The SMILES string of the molecule is CC(C)(CO)[NH2+]C12CC3CC(CC(C3)C1)C2. The molecule has 0 unspecified atom stereocenters. The lowest BCUT2D eigenvalue weighted by Gasteiger charge is -2.56. The fourth-order valence-electron chi connectivity index (χ4n) is 5.23. The molecule has 0 spiro atoms. The number of rotatable bonds is 3. The first kappa shape index (κ1) is 11.0. The molecule has 4 aliphatic carbocycles. The summed E-state index contributed by atoms with van der Waals surface area (Å²) in [5, 5.41) is 12.0. The van der Waals surface area contributed by atoms with Crippen molar-refractivity contribution >= 4 is 0 Å². The van der Waals surface area contributed by atoms with Crippen LogP contribution in [0.1, 0.15) is 52.4 Å². The van der Waals surface area contributed by atoms with Crippen LogP contribution in [0.15, 0.2) is 0 Å². The zero-order valence-corrected chi connectivity index (χ0v) is 10.7. The molecule has 2 nitrogen and oxygen atoms in total. The third-order valence-electron chi connectivity index (χ3n) is 5.19. The summed E-state index contributed by atoms with van der Waals surface area (Å²) in [6.07, 6.45) is 8.78. The van der Waals surface area contributed by atoms with Gasteiger partial charge >= 0.3 is 0 Å². The molecule has 0 saturated heterocycles. The fourth-order valence-corrected chi connectivity index (χ4v) is 5.23. The predicted molar refractivity (Wildman–Crippen MR) is 64.0 cm³/mol. The minimum absolute atomic E-state index is 0.0195. The van der Waals surface area contributed by atoms with Gasteiger partial charge < -0.3 is 10.4 Å². The van der Waals surface area contributed by atoms with Gasteiger partial charge in [-0.05, 0) is 50.9 Å². The summed E-state index contributed by atoms with van der Waals surface area (Å²) in [5.41, 5.74) is 0.520. The predicted octanol–water partition coefficient (Wildman–Crippen LogP) is 1.29. The summed E-state index contributed by atoms with van der Waals surface area (Å²) in [4.78, 5) is 0. The topological polar surface area (TPSA) is 36.8 Å². The average molecular weight is 224 g/mol. The van der Waals surface area contributed by atoms with Crippen LogP contribution < -0.4 is 5.32 Å². The summed E-state index contributed by atoms with van der Waals surface area (Å²) in [6, 6.07) is 0. The van der Waals surface area contributed by atoms with Crippen LogP contribution in [0.2, 0.25) is 0 Å². The van der Waals surface area contributed by atoms with Crippen molar-refractivity contribution in [1.29, 1.82) is 0 Å². The zero-order valence-electron chi connectivity index (χ0n) is 10.7. The van der Waals surface area contributed by atoms with E-state index in [9.17, 15) is 5.11 Å². The van der Waals surface area contributed by atoms with Crippen LogP contribution in [0.4, 0.5) is 0 Å². The highest BCUT2D eigenvalue weighted by Crippen LogP contribution is 2.54. The van der Waals surface area contributed by atoms with E-state index in [1.165, 1.54) is 38.5 Å². The maximum absolute atomic E-state index is 9.46. The normalized spacial score (nSPS) is 46.3. The minimum Gasteiger partial charge on any atom is -0.390 e. The molecule has 0 atom stereocenters. The van der Waals surface area contributed by atoms with Crippen LogP contribution in [-0.2, 0) is 0 Å². The van der Waals surface area contributed by atoms with E-state index in [-0.39, 0.29) is 5.54 Å². The molecule has 4 bridgehead atoms. The van der Waals surface area contributed by atoms with Gasteiger partial charge in [0, 0.05) is 19.3 Å². The highest BCUT2D eigenvalue weighted by molar-refractivity contribution is 5.02. The van der Waals surface area contributed by atoms with E-state index in [1.54, 1.807) is 0 Å². The van der Waals surface area contributed by atoms with Crippen molar-refractivity contribution in [2.75, 3.05) is 6.61 Å². The van der Waals surface area contributed by atoms with Gasteiger partial charge in [-0.15, -0.1) is 0 Å². The first-order valence-corrected chi connectivity index (χ1v) is 6.98. The van der Waals surface area contributed by atoms with Gasteiger partial charge in [-0.3, -0.25) is 0 Å². The Morgan fingerprint density at radius 3 is 1.88 bits per heavy atom. The summed E-state index contributed by atoms with van der Waals surface area (Å²) in [6.45, 7) is 4.67. The van der Waals surface area contributed by atoms with Gasteiger partial charge in [-0.1, -0.05) is 0 Å². The quantitative estimate of drug-likeness (QED) is 0.744. The van der Waals surface area contributed by atoms with Crippen molar-refractivity contribution in [3.8, 4) is 0 Å². The van der Waals surface area contributed by atoms with E-state index < -0.39 is 0 Å². The molecule has 0 aromatic rings. The Labute approximate surface area is 98.8 Å². The van der Waals surface area contributed by atoms with Gasteiger partial charge in [-0.2, -0.15) is 0 Å². The molecule has 4 fully saturated rings. The van der Waals surface area contributed by atoms with E-state index in [0.717, 1.165) is 17.8 Å². The average Bonchev–Trinajstić information content (AvgIpc) is 2.13. The third-order valence-corrected chi connectivity index (χ3v) is 5.19. The van der Waals surface area contributed by atoms with Crippen molar-refractivity contribution in [2.24, 2.45) is 17.8 Å². The fraction of sp³-hybridized carbons (Fsp3) is 1.00. The number of hydrogen-bond acceptors (Lipinski definition) is 1. The molecule has 92 valence electrons. The summed E-state index contributed by atoms with van der Waals surface area (Å²) >= 11 is 0. The Morgan fingerprint density at radius 1 is 1.06 bits per heavy atom. The number of aliphatic hydroxyl groups excluding tert-OH is 1. The molecule has 0 aliphatic heterocycles. The third kappa shape index (κ3) is 1.80. The monoisotopic (exact) mass is 224 g/mol. The number of nitrogens with two attached hydrogens (primary N) is 1. The largest absolute Gasteiger partial charge is 0.390 e. The second-order valence-electron chi connectivity index (χ2n) is 7.57. The summed E-state index contributed by atoms with van der Waals surface area (Å²) in [7, 11) is 0. The molecule has 4 aliphatic rings. The molecule has 4 rings (SSSR count). The van der Waals surface area contributed by atoms with Crippen LogP contribution in [0.3, 0.4) is 0 Å². The van der Waals surface area contributed by atoms with Crippen LogP contribution in [0.5, 0.6) is 0 Å². The zero-order chi connectivity index (χ0) is 11.4. The van der Waals surface area contributed by atoms with Gasteiger partial charge in [-0.25, -0.2) is 0 Å². The molecule has 0 aromatic carbocycles. The van der Waals surface area contributed by atoms with E-state index in [0.29, 0.717) is 12.1 Å². The van der Waals surface area contributed by atoms with E-state index in [4.69, 9.17) is 0 Å². The summed E-state index contributed by atoms with van der Waals surface area (Å²) < 4.78 is 0. The van der Waals surface area contributed by atoms with E-state index in [1.807, 2.05) is 0 Å². The van der Waals surface area contributed by atoms with E-state index >= 15 is 0 Å². The molecule has 0 radical (unpaired) electrons. The lowest BCUT2D eigenvalue weighted by molar-refractivity contribution is -0.794. The summed E-state index contributed by atoms with van der Waals surface area (Å²) in [5.74, 6) is 3.03. The molecular weight excluding hydrogens is 198 g/mol. The van der Waals surface area contributed by atoms with Gasteiger partial charge in [0.15, 0.2) is 0 Å². The first-order valence-electron chi connectivity index (χ1n) is 6.98. The number of quaternary nitrogens is 1. The first-order chi connectivity index (χ1) is 7.50. The Bertz CT molecular complexity index is 249. The molecule has 0 aromatic heterocycles. The number of hydrogen-bond donors (Lipinski definition) is 2. The lowest BCUT2D eigenvalue weighted by Crippen LogP contribution is -3.07. The second-order valence-corrected chi connectivity index (χ2v) is 7.57. The van der Waals surface area contributed by atoms with Crippen LogP contribution >= 0.6 is 0 Å². The Hall–Kier alpha value is -0.0800. The smallest absolute Gasteiger partial charge is 0.114 e. The van der Waals surface area contributed by atoms with Gasteiger partial charge in [0.25, 0.3) is 0 Å². The Morgan fingerprint density at radius 2 is 1.50 bits per heavy atom. The van der Waals surface area contributed by atoms with E-state index in [2.05, 4.69) is 19.2 Å². The highest BCUT2D eigenvalue weighted by atomic mass is 16.3. The van der Waals surface area contributed by atoms with Crippen LogP contribution in [0.25, 0.3) is 0 Å².